The van der Waals surface area contributed by atoms with Crippen LogP contribution < -0.4 is 31.1 Å². The minimum atomic E-state index is -4.49. The zero-order valence-corrected chi connectivity index (χ0v) is 45.0. The van der Waals surface area contributed by atoms with E-state index in [0.717, 1.165) is 29.8 Å². The number of benzene rings is 4. The van der Waals surface area contributed by atoms with Crippen LogP contribution in [0.3, 0.4) is 0 Å². The maximum Gasteiger partial charge on any atom is 0.424 e. The topological polar surface area (TPSA) is 147 Å². The fourth-order valence-electron chi connectivity index (χ4n) is 8.15. The first-order chi connectivity index (χ1) is 33.8. The van der Waals surface area contributed by atoms with Crippen LogP contribution in [0.2, 0.25) is 0 Å². The third-order valence-electron chi connectivity index (χ3n) is 11.3. The van der Waals surface area contributed by atoms with Crippen molar-refractivity contribution in [1.29, 1.82) is 0 Å². The first-order valence-electron chi connectivity index (χ1n) is 23.9. The lowest BCUT2D eigenvalue weighted by Gasteiger charge is -2.34. The van der Waals surface area contributed by atoms with E-state index in [2.05, 4.69) is 10.6 Å². The van der Waals surface area contributed by atoms with E-state index >= 15 is 4.39 Å². The first kappa shape index (κ1) is 61.2. The molecule has 0 radical (unpaired) electrons. The molecule has 2 aliphatic heterocycles. The van der Waals surface area contributed by atoms with Gasteiger partial charge < -0.3 is 35.6 Å². The fraction of sp³-hybridized carbons (Fsp3) is 0.481. The maximum atomic E-state index is 16.7. The molecule has 4 aromatic carbocycles. The summed E-state index contributed by atoms with van der Waals surface area (Å²) in [7, 11) is 0. The Morgan fingerprint density at radius 1 is 0.560 bits per heavy atom. The van der Waals surface area contributed by atoms with Gasteiger partial charge in [0.25, 0.3) is 0 Å². The van der Waals surface area contributed by atoms with Gasteiger partial charge >= 0.3 is 24.5 Å². The number of alkyl halides is 6. The Morgan fingerprint density at radius 2 is 0.933 bits per heavy atom. The number of nitrogen functional groups attached to an aromatic ring is 1. The molecular formula is C54H67ClF8N6O6. The zero-order valence-electron chi connectivity index (χ0n) is 44.2. The Labute approximate surface area is 439 Å². The van der Waals surface area contributed by atoms with Crippen molar-refractivity contribution in [3.05, 3.63) is 106 Å². The average Bonchev–Trinajstić information content (AvgIpc) is 3.23. The van der Waals surface area contributed by atoms with Crippen molar-refractivity contribution in [3.8, 4) is 0 Å². The summed E-state index contributed by atoms with van der Waals surface area (Å²) >= 11 is 0. The molecule has 0 aromatic heterocycles. The van der Waals surface area contributed by atoms with Gasteiger partial charge in [-0.1, -0.05) is 53.7 Å². The number of ether oxygens (including phenoxy) is 2. The molecule has 0 aliphatic carbocycles. The summed E-state index contributed by atoms with van der Waals surface area (Å²) in [6.45, 7) is 21.6. The van der Waals surface area contributed by atoms with Crippen LogP contribution in [0.4, 0.5) is 78.8 Å². The van der Waals surface area contributed by atoms with Crippen molar-refractivity contribution in [2.24, 2.45) is 10.8 Å². The average molecular weight is 1080 g/mol. The SMILES string of the molecule is CC(C)(C)CC(=O)Nc1ccc(N2CCc3cc(C(F)(F)F)ccc3C2)c(F)c1N.CC(C)(C)CC(=O)Nc1ccc(N2CCc3cc(C(F)(F)F)ccc3C2)c(F)c1N(C(=O)OC(C)(C)C)C(=O)OC(C)(C)C.Cl. The summed E-state index contributed by atoms with van der Waals surface area (Å²) in [6.07, 6.45) is -10.5. The van der Waals surface area contributed by atoms with Gasteiger partial charge in [-0.25, -0.2) is 18.4 Å². The third-order valence-corrected chi connectivity index (χ3v) is 11.3. The van der Waals surface area contributed by atoms with Gasteiger partial charge in [-0.05, 0) is 136 Å². The molecule has 4 amide bonds. The van der Waals surface area contributed by atoms with Crippen molar-refractivity contribution in [1.82, 2.24) is 0 Å². The number of carbonyl (C=O) groups is 4. The number of imide groups is 1. The van der Waals surface area contributed by atoms with Gasteiger partial charge in [0.1, 0.15) is 16.9 Å². The Bertz CT molecular complexity index is 2730. The van der Waals surface area contributed by atoms with E-state index < -0.39 is 75.5 Å². The number of nitrogens with two attached hydrogens (primary N) is 1. The highest BCUT2D eigenvalue weighted by Crippen LogP contribution is 2.41. The van der Waals surface area contributed by atoms with Crippen molar-refractivity contribution in [2.45, 2.75) is 145 Å². The van der Waals surface area contributed by atoms with Crippen molar-refractivity contribution in [2.75, 3.05) is 44.2 Å². The molecule has 0 saturated heterocycles. The molecule has 0 spiro atoms. The number of nitrogens with one attached hydrogen (secondary N) is 2. The molecule has 2 aliphatic rings. The largest absolute Gasteiger partial charge is 0.443 e. The van der Waals surface area contributed by atoms with Crippen LogP contribution in [-0.4, -0.2) is 48.3 Å². The highest BCUT2D eigenvalue weighted by molar-refractivity contribution is 6.13. The van der Waals surface area contributed by atoms with E-state index in [0.29, 0.717) is 34.6 Å². The molecule has 0 fully saturated rings. The zero-order chi connectivity index (χ0) is 55.7. The van der Waals surface area contributed by atoms with Gasteiger partial charge in [0.2, 0.25) is 11.8 Å². The summed E-state index contributed by atoms with van der Waals surface area (Å²) in [5.74, 6) is -2.41. The molecule has 2 heterocycles. The summed E-state index contributed by atoms with van der Waals surface area (Å²) in [4.78, 5) is 55.8. The van der Waals surface area contributed by atoms with Gasteiger partial charge in [0.05, 0.1) is 39.6 Å². The molecule has 4 N–H and O–H groups in total. The summed E-state index contributed by atoms with van der Waals surface area (Å²) < 4.78 is 121. The molecular weight excluding hydrogens is 1020 g/mol. The van der Waals surface area contributed by atoms with Crippen LogP contribution in [0, 0.1) is 22.5 Å². The van der Waals surface area contributed by atoms with Crippen molar-refractivity contribution in [3.63, 3.8) is 0 Å². The predicted octanol–water partition coefficient (Wildman–Crippen LogP) is 14.2. The number of fused-ring (bicyclic) bond motifs is 2. The third kappa shape index (κ3) is 16.8. The second-order valence-corrected chi connectivity index (χ2v) is 22.8. The minimum absolute atomic E-state index is 0. The number of anilines is 6. The number of halogens is 9. The van der Waals surface area contributed by atoms with E-state index in [1.807, 2.05) is 41.5 Å². The normalized spacial score (nSPS) is 14.0. The van der Waals surface area contributed by atoms with Gasteiger partial charge in [-0.3, -0.25) is 9.59 Å². The number of carbonyl (C=O) groups excluding carboxylic acids is 4. The second kappa shape index (κ2) is 22.9. The van der Waals surface area contributed by atoms with E-state index in [-0.39, 0.29) is 91.1 Å². The Hall–Kier alpha value is -6.31. The Morgan fingerprint density at radius 3 is 1.31 bits per heavy atom. The van der Waals surface area contributed by atoms with Crippen LogP contribution in [0.5, 0.6) is 0 Å². The lowest BCUT2D eigenvalue weighted by molar-refractivity contribution is -0.138. The molecule has 412 valence electrons. The van der Waals surface area contributed by atoms with E-state index in [1.165, 1.54) is 30.3 Å². The molecule has 0 saturated carbocycles. The standard InChI is InChI=1S/C32H41F4N3O5.C22H25F4N3O.ClH/c1-29(2,3)17-24(40)37-22-12-13-23(38-15-14-19-16-21(32(34,35)36)11-10-20(19)18-38)25(33)26(22)39(27(41)43-30(4,5)6)28(42)44-31(7,8)9;1-21(2,3)11-18(30)28-16-6-7-17(19(23)20(16)27)29-9-8-13-10-15(22(24,25)26)5-4-14(13)12-29;/h10-13,16H,14-15,17-18H2,1-9H3,(H,37,40);4-7,10H,8-9,11-12,27H2,1-3H3,(H,28,30);1H. The minimum Gasteiger partial charge on any atom is -0.443 e. The molecule has 0 bridgehead atoms. The van der Waals surface area contributed by atoms with E-state index in [9.17, 15) is 49.9 Å². The highest BCUT2D eigenvalue weighted by Gasteiger charge is 2.39. The molecule has 0 atom stereocenters. The monoisotopic (exact) mass is 1080 g/mol. The van der Waals surface area contributed by atoms with Gasteiger partial charge in [0, 0.05) is 39.0 Å². The van der Waals surface area contributed by atoms with Crippen LogP contribution >= 0.6 is 12.4 Å². The summed E-state index contributed by atoms with van der Waals surface area (Å²) in [6, 6.07) is 12.9. The lowest BCUT2D eigenvalue weighted by atomic mass is 9.92. The molecule has 12 nitrogen and oxygen atoms in total. The highest BCUT2D eigenvalue weighted by atomic mass is 35.5. The number of hydrogen-bond acceptors (Lipinski definition) is 9. The van der Waals surface area contributed by atoms with Gasteiger partial charge in [-0.2, -0.15) is 31.2 Å². The van der Waals surface area contributed by atoms with Gasteiger partial charge in [0.15, 0.2) is 11.6 Å². The molecule has 0 unspecified atom stereocenters. The number of rotatable bonds is 7. The lowest BCUT2D eigenvalue weighted by Crippen LogP contribution is -2.45. The number of hydrogen-bond donors (Lipinski definition) is 3. The Balaban J connectivity index is 0.000000342. The number of amides is 4. The molecule has 4 aromatic rings. The first-order valence-corrected chi connectivity index (χ1v) is 23.9. The quantitative estimate of drug-likeness (QED) is 0.122. The molecule has 21 heteroatoms. The van der Waals surface area contributed by atoms with Crippen molar-refractivity contribution >= 4 is 70.5 Å². The fourth-order valence-corrected chi connectivity index (χ4v) is 8.15. The predicted molar refractivity (Wildman–Crippen MR) is 277 cm³/mol. The molecule has 75 heavy (non-hydrogen) atoms. The Kier molecular flexibility index (Phi) is 18.7. The van der Waals surface area contributed by atoms with Crippen molar-refractivity contribution < 1.29 is 63.8 Å². The van der Waals surface area contributed by atoms with Crippen LogP contribution in [0.15, 0.2) is 60.7 Å². The van der Waals surface area contributed by atoms with E-state index in [1.54, 1.807) is 57.4 Å². The van der Waals surface area contributed by atoms with Crippen LogP contribution in [0.1, 0.15) is 129 Å². The van der Waals surface area contributed by atoms with E-state index in [4.69, 9.17) is 15.2 Å². The maximum absolute atomic E-state index is 16.7. The summed E-state index contributed by atoms with van der Waals surface area (Å²) in [5, 5.41) is 5.27. The van der Waals surface area contributed by atoms with Crippen LogP contribution in [0.25, 0.3) is 0 Å². The smallest absolute Gasteiger partial charge is 0.424 e. The van der Waals surface area contributed by atoms with Crippen LogP contribution in [-0.2, 0) is 57.3 Å². The molecule has 6 rings (SSSR count). The number of nitrogens with zero attached hydrogens (tertiary/aromatic N) is 3. The summed E-state index contributed by atoms with van der Waals surface area (Å²) in [5.41, 5.74) is 3.61. The second-order valence-electron chi connectivity index (χ2n) is 22.8. The van der Waals surface area contributed by atoms with Gasteiger partial charge in [-0.15, -0.1) is 12.4 Å².